The van der Waals surface area contributed by atoms with Gasteiger partial charge in [0, 0.05) is 19.2 Å². The molecular weight excluding hydrogens is 521 g/mol. The van der Waals surface area contributed by atoms with Crippen LogP contribution in [0.4, 0.5) is 10.1 Å². The average Bonchev–Trinajstić information content (AvgIpc) is 2.95. The molecular formula is C29H34FN3O5S. The SMILES string of the molecule is COc1ccc(S(=O)(=O)N(CC(=O)NCc2cccc(CN3CCCCC3)c2)c2ccc(F)cc2)cc1OC. The molecule has 0 saturated carbocycles. The summed E-state index contributed by atoms with van der Waals surface area (Å²) >= 11 is 0. The Kier molecular flexibility index (Phi) is 9.42. The lowest BCUT2D eigenvalue weighted by Gasteiger charge is -2.26. The maximum absolute atomic E-state index is 13.7. The first kappa shape index (κ1) is 28.4. The van der Waals surface area contributed by atoms with Gasteiger partial charge >= 0.3 is 0 Å². The summed E-state index contributed by atoms with van der Waals surface area (Å²) < 4.78 is 52.4. The number of hydrogen-bond acceptors (Lipinski definition) is 6. The summed E-state index contributed by atoms with van der Waals surface area (Å²) in [6.45, 7) is 2.81. The second kappa shape index (κ2) is 12.9. The molecule has 0 spiro atoms. The zero-order chi connectivity index (χ0) is 27.8. The van der Waals surface area contributed by atoms with Crippen molar-refractivity contribution in [3.63, 3.8) is 0 Å². The maximum Gasteiger partial charge on any atom is 0.264 e. The fourth-order valence-electron chi connectivity index (χ4n) is 4.63. The van der Waals surface area contributed by atoms with Gasteiger partial charge in [-0.25, -0.2) is 12.8 Å². The van der Waals surface area contributed by atoms with Crippen molar-refractivity contribution < 1.29 is 27.1 Å². The van der Waals surface area contributed by atoms with Crippen LogP contribution in [0.25, 0.3) is 0 Å². The normalized spacial score (nSPS) is 14.0. The van der Waals surface area contributed by atoms with Crippen molar-refractivity contribution in [1.29, 1.82) is 0 Å². The van der Waals surface area contributed by atoms with Crippen molar-refractivity contribution in [1.82, 2.24) is 10.2 Å². The highest BCUT2D eigenvalue weighted by Crippen LogP contribution is 2.32. The lowest BCUT2D eigenvalue weighted by atomic mass is 10.1. The Morgan fingerprint density at radius 2 is 1.62 bits per heavy atom. The Labute approximate surface area is 229 Å². The first-order valence-electron chi connectivity index (χ1n) is 12.9. The molecule has 0 aliphatic carbocycles. The van der Waals surface area contributed by atoms with E-state index in [1.807, 2.05) is 12.1 Å². The third-order valence-electron chi connectivity index (χ3n) is 6.68. The lowest BCUT2D eigenvalue weighted by Crippen LogP contribution is -2.40. The zero-order valence-corrected chi connectivity index (χ0v) is 23.0. The minimum absolute atomic E-state index is 0.0947. The number of carbonyl (C=O) groups excluding carboxylic acids is 1. The highest BCUT2D eigenvalue weighted by molar-refractivity contribution is 7.92. The third kappa shape index (κ3) is 7.27. The molecule has 1 fully saturated rings. The smallest absolute Gasteiger partial charge is 0.264 e. The second-order valence-electron chi connectivity index (χ2n) is 9.44. The monoisotopic (exact) mass is 555 g/mol. The topological polar surface area (TPSA) is 88.2 Å². The van der Waals surface area contributed by atoms with E-state index in [0.29, 0.717) is 5.75 Å². The molecule has 1 amide bonds. The van der Waals surface area contributed by atoms with Crippen LogP contribution in [0.5, 0.6) is 11.5 Å². The third-order valence-corrected chi connectivity index (χ3v) is 8.45. The molecule has 0 atom stereocenters. The number of hydrogen-bond donors (Lipinski definition) is 1. The molecule has 208 valence electrons. The molecule has 10 heteroatoms. The highest BCUT2D eigenvalue weighted by atomic mass is 32.2. The van der Waals surface area contributed by atoms with E-state index >= 15 is 0 Å². The van der Waals surface area contributed by atoms with Gasteiger partial charge in [-0.15, -0.1) is 0 Å². The molecule has 1 aliphatic heterocycles. The van der Waals surface area contributed by atoms with E-state index < -0.39 is 28.3 Å². The number of ether oxygens (including phenoxy) is 2. The maximum atomic E-state index is 13.7. The Morgan fingerprint density at radius 1 is 0.923 bits per heavy atom. The van der Waals surface area contributed by atoms with Crippen LogP contribution in [0.2, 0.25) is 0 Å². The number of halogens is 1. The van der Waals surface area contributed by atoms with E-state index in [-0.39, 0.29) is 22.9 Å². The van der Waals surface area contributed by atoms with Gasteiger partial charge in [0.2, 0.25) is 5.91 Å². The van der Waals surface area contributed by atoms with Crippen molar-refractivity contribution in [3.05, 3.63) is 83.7 Å². The number of piperidine rings is 1. The lowest BCUT2D eigenvalue weighted by molar-refractivity contribution is -0.119. The van der Waals surface area contributed by atoms with Crippen LogP contribution in [-0.4, -0.2) is 53.1 Å². The minimum Gasteiger partial charge on any atom is -0.493 e. The molecule has 1 aliphatic rings. The standard InChI is InChI=1S/C29H34FN3O5S/c1-37-27-14-13-26(18-28(27)38-2)39(35,36)33(25-11-9-24(30)10-12-25)21-29(34)31-19-22-7-6-8-23(17-22)20-32-15-4-3-5-16-32/h6-14,17-18H,3-5,15-16,19-21H2,1-2H3,(H,31,34). The summed E-state index contributed by atoms with van der Waals surface area (Å²) in [5.74, 6) is -0.419. The molecule has 0 radical (unpaired) electrons. The summed E-state index contributed by atoms with van der Waals surface area (Å²) in [7, 11) is -1.36. The number of rotatable bonds is 11. The summed E-state index contributed by atoms with van der Waals surface area (Å²) in [5, 5.41) is 2.83. The predicted octanol–water partition coefficient (Wildman–Crippen LogP) is 4.34. The first-order chi connectivity index (χ1) is 18.8. The number of sulfonamides is 1. The van der Waals surface area contributed by atoms with Crippen LogP contribution in [0.15, 0.2) is 71.6 Å². The molecule has 0 bridgehead atoms. The van der Waals surface area contributed by atoms with Gasteiger partial charge in [0.15, 0.2) is 11.5 Å². The van der Waals surface area contributed by atoms with Gasteiger partial charge in [-0.05, 0) is 73.5 Å². The van der Waals surface area contributed by atoms with Gasteiger partial charge < -0.3 is 14.8 Å². The summed E-state index contributed by atoms with van der Waals surface area (Å²) in [6, 6.07) is 17.2. The Morgan fingerprint density at radius 3 is 2.31 bits per heavy atom. The van der Waals surface area contributed by atoms with E-state index in [2.05, 4.69) is 22.3 Å². The Hall–Kier alpha value is -3.63. The summed E-state index contributed by atoms with van der Waals surface area (Å²) in [6.07, 6.45) is 3.71. The van der Waals surface area contributed by atoms with Crippen molar-refractivity contribution in [2.75, 3.05) is 38.2 Å². The van der Waals surface area contributed by atoms with E-state index in [9.17, 15) is 17.6 Å². The van der Waals surface area contributed by atoms with Crippen LogP contribution >= 0.6 is 0 Å². The van der Waals surface area contributed by atoms with Crippen LogP contribution in [0.1, 0.15) is 30.4 Å². The van der Waals surface area contributed by atoms with Gasteiger partial charge in [0.1, 0.15) is 12.4 Å². The summed E-state index contributed by atoms with van der Waals surface area (Å²) in [5.41, 5.74) is 2.26. The average molecular weight is 556 g/mol. The number of likely N-dealkylation sites (tertiary alicyclic amines) is 1. The largest absolute Gasteiger partial charge is 0.493 e. The fourth-order valence-corrected chi connectivity index (χ4v) is 6.06. The molecule has 1 saturated heterocycles. The van der Waals surface area contributed by atoms with Gasteiger partial charge in [-0.2, -0.15) is 0 Å². The Balaban J connectivity index is 1.50. The van der Waals surface area contributed by atoms with Crippen LogP contribution in [0, 0.1) is 5.82 Å². The quantitative estimate of drug-likeness (QED) is 0.379. The van der Waals surface area contributed by atoms with E-state index in [1.165, 1.54) is 69.4 Å². The molecule has 3 aromatic carbocycles. The molecule has 1 heterocycles. The number of anilines is 1. The van der Waals surface area contributed by atoms with E-state index in [1.54, 1.807) is 0 Å². The van der Waals surface area contributed by atoms with E-state index in [0.717, 1.165) is 41.6 Å². The second-order valence-corrected chi connectivity index (χ2v) is 11.3. The van der Waals surface area contributed by atoms with Gasteiger partial charge in [-0.1, -0.05) is 30.7 Å². The first-order valence-corrected chi connectivity index (χ1v) is 14.3. The molecule has 1 N–H and O–H groups in total. The Bertz CT molecular complexity index is 1380. The molecule has 3 aromatic rings. The highest BCUT2D eigenvalue weighted by Gasteiger charge is 2.28. The number of nitrogens with zero attached hydrogens (tertiary/aromatic N) is 2. The van der Waals surface area contributed by atoms with Crippen LogP contribution in [-0.2, 0) is 27.9 Å². The van der Waals surface area contributed by atoms with Crippen molar-refractivity contribution in [2.45, 2.75) is 37.2 Å². The van der Waals surface area contributed by atoms with Crippen LogP contribution in [0.3, 0.4) is 0 Å². The number of carbonyl (C=O) groups is 1. The minimum atomic E-state index is -4.22. The van der Waals surface area contributed by atoms with Gasteiger partial charge in [0.25, 0.3) is 10.0 Å². The van der Waals surface area contributed by atoms with Gasteiger partial charge in [-0.3, -0.25) is 14.0 Å². The van der Waals surface area contributed by atoms with Gasteiger partial charge in [0.05, 0.1) is 24.8 Å². The molecule has 39 heavy (non-hydrogen) atoms. The van der Waals surface area contributed by atoms with E-state index in [4.69, 9.17) is 9.47 Å². The molecule has 8 nitrogen and oxygen atoms in total. The number of methoxy groups -OCH3 is 2. The number of nitrogens with one attached hydrogen (secondary N) is 1. The molecule has 0 unspecified atom stereocenters. The van der Waals surface area contributed by atoms with Crippen molar-refractivity contribution >= 4 is 21.6 Å². The number of benzene rings is 3. The summed E-state index contributed by atoms with van der Waals surface area (Å²) in [4.78, 5) is 15.4. The fraction of sp³-hybridized carbons (Fsp3) is 0.345. The number of amides is 1. The van der Waals surface area contributed by atoms with Crippen molar-refractivity contribution in [2.24, 2.45) is 0 Å². The van der Waals surface area contributed by atoms with Crippen molar-refractivity contribution in [3.8, 4) is 11.5 Å². The molecule has 0 aromatic heterocycles. The molecule has 4 rings (SSSR count). The van der Waals surface area contributed by atoms with Crippen LogP contribution < -0.4 is 19.1 Å². The predicted molar refractivity (Wildman–Crippen MR) is 148 cm³/mol. The zero-order valence-electron chi connectivity index (χ0n) is 22.2.